The highest BCUT2D eigenvalue weighted by atomic mass is 35.5. The minimum absolute atomic E-state index is 0.489. The summed E-state index contributed by atoms with van der Waals surface area (Å²) in [7, 11) is 1.30. The molecule has 3 nitrogen and oxygen atoms in total. The van der Waals surface area contributed by atoms with Gasteiger partial charge in [0, 0.05) is 5.02 Å². The Morgan fingerprint density at radius 2 is 2.21 bits per heavy atom. The van der Waals surface area contributed by atoms with Crippen molar-refractivity contribution in [2.45, 2.75) is 13.0 Å². The molecule has 0 aliphatic heterocycles. The van der Waals surface area contributed by atoms with E-state index in [0.717, 1.165) is 5.56 Å². The molecule has 0 bridgehead atoms. The van der Waals surface area contributed by atoms with Gasteiger partial charge in [-0.1, -0.05) is 23.7 Å². The number of halogens is 1. The maximum Gasteiger partial charge on any atom is 0.327 e. The van der Waals surface area contributed by atoms with Crippen LogP contribution in [0.1, 0.15) is 17.2 Å². The summed E-state index contributed by atoms with van der Waals surface area (Å²) >= 11 is 5.94. The molecule has 1 atom stereocenters. The van der Waals surface area contributed by atoms with Crippen LogP contribution in [0.5, 0.6) is 0 Å². The summed E-state index contributed by atoms with van der Waals surface area (Å²) in [5, 5.41) is 0.489. The van der Waals surface area contributed by atoms with Gasteiger partial charge in [0.2, 0.25) is 0 Å². The van der Waals surface area contributed by atoms with Crippen LogP contribution >= 0.6 is 11.6 Å². The molecule has 0 spiro atoms. The second-order valence-electron chi connectivity index (χ2n) is 3.03. The first-order valence-corrected chi connectivity index (χ1v) is 4.53. The topological polar surface area (TPSA) is 52.3 Å². The lowest BCUT2D eigenvalue weighted by Crippen LogP contribution is -2.22. The van der Waals surface area contributed by atoms with E-state index >= 15 is 0 Å². The van der Waals surface area contributed by atoms with Crippen molar-refractivity contribution in [1.29, 1.82) is 0 Å². The fourth-order valence-corrected chi connectivity index (χ4v) is 1.49. The number of hydrogen-bond donors (Lipinski definition) is 1. The van der Waals surface area contributed by atoms with Crippen LogP contribution in [0.3, 0.4) is 0 Å². The second-order valence-corrected chi connectivity index (χ2v) is 3.43. The molecule has 2 N–H and O–H groups in total. The van der Waals surface area contributed by atoms with Gasteiger partial charge in [-0.2, -0.15) is 0 Å². The van der Waals surface area contributed by atoms with E-state index in [0.29, 0.717) is 10.6 Å². The smallest absolute Gasteiger partial charge is 0.327 e. The van der Waals surface area contributed by atoms with Crippen LogP contribution in [-0.2, 0) is 9.53 Å². The summed E-state index contributed by atoms with van der Waals surface area (Å²) in [6.07, 6.45) is 0. The fourth-order valence-electron chi connectivity index (χ4n) is 1.14. The number of benzene rings is 1. The molecule has 1 unspecified atom stereocenters. The van der Waals surface area contributed by atoms with E-state index in [1.54, 1.807) is 12.1 Å². The highest BCUT2D eigenvalue weighted by Gasteiger charge is 2.18. The van der Waals surface area contributed by atoms with Crippen LogP contribution in [0.15, 0.2) is 18.2 Å². The van der Waals surface area contributed by atoms with E-state index in [2.05, 4.69) is 4.74 Å². The average molecular weight is 214 g/mol. The van der Waals surface area contributed by atoms with Gasteiger partial charge in [0.15, 0.2) is 0 Å². The lowest BCUT2D eigenvalue weighted by atomic mass is 10.1. The summed E-state index contributed by atoms with van der Waals surface area (Å²) in [6.45, 7) is 1.92. The molecule has 1 aromatic carbocycles. The Morgan fingerprint density at radius 3 is 2.71 bits per heavy atom. The predicted molar refractivity (Wildman–Crippen MR) is 55.1 cm³/mol. The Balaban J connectivity index is 3.01. The van der Waals surface area contributed by atoms with Crippen LogP contribution in [0.2, 0.25) is 5.02 Å². The Morgan fingerprint density at radius 1 is 1.57 bits per heavy atom. The predicted octanol–water partition coefficient (Wildman–Crippen LogP) is 1.82. The SMILES string of the molecule is COC(=O)C(N)c1ccc(C)cc1Cl. The molecule has 4 heteroatoms. The van der Waals surface area contributed by atoms with Crippen molar-refractivity contribution in [2.24, 2.45) is 5.73 Å². The molecule has 0 saturated heterocycles. The zero-order chi connectivity index (χ0) is 10.7. The minimum atomic E-state index is -0.812. The average Bonchev–Trinajstić information content (AvgIpc) is 2.15. The van der Waals surface area contributed by atoms with Gasteiger partial charge in [0.05, 0.1) is 7.11 Å². The number of ether oxygens (including phenoxy) is 1. The highest BCUT2D eigenvalue weighted by Crippen LogP contribution is 2.23. The first-order chi connectivity index (χ1) is 6.56. The number of rotatable bonds is 2. The van der Waals surface area contributed by atoms with Gasteiger partial charge in [-0.25, -0.2) is 0 Å². The largest absolute Gasteiger partial charge is 0.468 e. The van der Waals surface area contributed by atoms with Crippen molar-refractivity contribution < 1.29 is 9.53 Å². The molecule has 0 saturated carbocycles. The molecule has 1 rings (SSSR count). The van der Waals surface area contributed by atoms with Crippen molar-refractivity contribution in [1.82, 2.24) is 0 Å². The van der Waals surface area contributed by atoms with Gasteiger partial charge in [0.1, 0.15) is 6.04 Å². The summed E-state index contributed by atoms with van der Waals surface area (Å²) in [5.41, 5.74) is 7.25. The Kier molecular flexibility index (Phi) is 3.49. The van der Waals surface area contributed by atoms with E-state index < -0.39 is 12.0 Å². The molecule has 0 aliphatic rings. The van der Waals surface area contributed by atoms with Crippen LogP contribution in [0.25, 0.3) is 0 Å². The number of hydrogen-bond acceptors (Lipinski definition) is 3. The van der Waals surface area contributed by atoms with Crippen molar-refractivity contribution in [3.63, 3.8) is 0 Å². The molecular formula is C10H12ClNO2. The standard InChI is InChI=1S/C10H12ClNO2/c1-6-3-4-7(8(11)5-6)9(12)10(13)14-2/h3-5,9H,12H2,1-2H3. The van der Waals surface area contributed by atoms with E-state index in [1.165, 1.54) is 7.11 Å². The van der Waals surface area contributed by atoms with Crippen molar-refractivity contribution in [3.05, 3.63) is 34.3 Å². The Labute approximate surface area is 87.8 Å². The summed E-state index contributed by atoms with van der Waals surface area (Å²) in [4.78, 5) is 11.1. The van der Waals surface area contributed by atoms with Crippen molar-refractivity contribution in [3.8, 4) is 0 Å². The number of esters is 1. The molecule has 1 aromatic rings. The minimum Gasteiger partial charge on any atom is -0.468 e. The monoisotopic (exact) mass is 213 g/mol. The maximum atomic E-state index is 11.1. The van der Waals surface area contributed by atoms with Crippen molar-refractivity contribution >= 4 is 17.6 Å². The van der Waals surface area contributed by atoms with Crippen LogP contribution in [-0.4, -0.2) is 13.1 Å². The normalized spacial score (nSPS) is 12.3. The molecule has 14 heavy (non-hydrogen) atoms. The van der Waals surface area contributed by atoms with E-state index in [-0.39, 0.29) is 0 Å². The molecule has 0 heterocycles. The first-order valence-electron chi connectivity index (χ1n) is 4.15. The number of methoxy groups -OCH3 is 1. The molecule has 0 fully saturated rings. The van der Waals surface area contributed by atoms with Crippen molar-refractivity contribution in [2.75, 3.05) is 7.11 Å². The highest BCUT2D eigenvalue weighted by molar-refractivity contribution is 6.31. The van der Waals surface area contributed by atoms with Gasteiger partial charge in [0.25, 0.3) is 0 Å². The summed E-state index contributed by atoms with van der Waals surface area (Å²) in [5.74, 6) is -0.490. The zero-order valence-electron chi connectivity index (χ0n) is 8.08. The van der Waals surface area contributed by atoms with E-state index in [1.807, 2.05) is 13.0 Å². The van der Waals surface area contributed by atoms with Gasteiger partial charge in [-0.15, -0.1) is 0 Å². The van der Waals surface area contributed by atoms with Gasteiger partial charge in [-0.05, 0) is 24.1 Å². The molecule has 76 valence electrons. The number of carbonyl (C=O) groups excluding carboxylic acids is 1. The third-order valence-electron chi connectivity index (χ3n) is 1.95. The summed E-state index contributed by atoms with van der Waals surface area (Å²) in [6, 6.07) is 4.54. The number of carbonyl (C=O) groups is 1. The quantitative estimate of drug-likeness (QED) is 0.763. The third kappa shape index (κ3) is 2.25. The molecular weight excluding hydrogens is 202 g/mol. The second kappa shape index (κ2) is 4.44. The summed E-state index contributed by atoms with van der Waals surface area (Å²) < 4.78 is 4.53. The zero-order valence-corrected chi connectivity index (χ0v) is 8.84. The lowest BCUT2D eigenvalue weighted by Gasteiger charge is -2.11. The fraction of sp³-hybridized carbons (Fsp3) is 0.300. The molecule has 0 aromatic heterocycles. The van der Waals surface area contributed by atoms with E-state index in [4.69, 9.17) is 17.3 Å². The van der Waals surface area contributed by atoms with Crippen LogP contribution in [0.4, 0.5) is 0 Å². The van der Waals surface area contributed by atoms with Crippen LogP contribution in [0, 0.1) is 6.92 Å². The third-order valence-corrected chi connectivity index (χ3v) is 2.27. The van der Waals surface area contributed by atoms with Gasteiger partial charge >= 0.3 is 5.97 Å². The Bertz CT molecular complexity index is 352. The Hall–Kier alpha value is -1.06. The molecule has 0 aliphatic carbocycles. The van der Waals surface area contributed by atoms with Crippen LogP contribution < -0.4 is 5.73 Å². The maximum absolute atomic E-state index is 11.1. The van der Waals surface area contributed by atoms with Gasteiger partial charge < -0.3 is 10.5 Å². The molecule has 0 amide bonds. The number of aryl methyl sites for hydroxylation is 1. The first kappa shape index (κ1) is 11.0. The molecule has 0 radical (unpaired) electrons. The number of nitrogens with two attached hydrogens (primary N) is 1. The van der Waals surface area contributed by atoms with E-state index in [9.17, 15) is 4.79 Å². The lowest BCUT2D eigenvalue weighted by molar-refractivity contribution is -0.142. The van der Waals surface area contributed by atoms with Gasteiger partial charge in [-0.3, -0.25) is 4.79 Å².